The molecular weight excluding hydrogens is 268 g/mol. The molecule has 1 aromatic rings. The largest absolute Gasteiger partial charge is 0.352 e. The average Bonchev–Trinajstić information content (AvgIpc) is 2.48. The summed E-state index contributed by atoms with van der Waals surface area (Å²) in [6.07, 6.45) is 3.97. The van der Waals surface area contributed by atoms with Gasteiger partial charge in [0.1, 0.15) is 0 Å². The Morgan fingerprint density at radius 1 is 1.20 bits per heavy atom. The van der Waals surface area contributed by atoms with E-state index < -0.39 is 0 Å². The van der Waals surface area contributed by atoms with E-state index in [1.807, 2.05) is 11.8 Å². The number of nitrogens with two attached hydrogens (primary N) is 1. The highest BCUT2D eigenvalue weighted by atomic mass is 32.2. The van der Waals surface area contributed by atoms with Crippen LogP contribution in [0.4, 0.5) is 0 Å². The zero-order chi connectivity index (χ0) is 14.2. The zero-order valence-electron chi connectivity index (χ0n) is 11.9. The van der Waals surface area contributed by atoms with Gasteiger partial charge in [0.2, 0.25) is 5.91 Å². The zero-order valence-corrected chi connectivity index (χ0v) is 12.8. The Labute approximate surface area is 125 Å². The lowest BCUT2D eigenvalue weighted by Crippen LogP contribution is -2.26. The minimum absolute atomic E-state index is 0.188. The van der Waals surface area contributed by atoms with E-state index in [0.29, 0.717) is 25.4 Å². The van der Waals surface area contributed by atoms with E-state index in [0.717, 1.165) is 12.0 Å². The van der Waals surface area contributed by atoms with Crippen LogP contribution in [-0.4, -0.2) is 24.0 Å². The Hall–Kier alpha value is -1.00. The Balaban J connectivity index is 1.72. The second-order valence-electron chi connectivity index (χ2n) is 5.39. The maximum atomic E-state index is 11.9. The lowest BCUT2D eigenvalue weighted by atomic mass is 9.98. The summed E-state index contributed by atoms with van der Waals surface area (Å²) < 4.78 is 0. The van der Waals surface area contributed by atoms with Gasteiger partial charge in [-0.2, -0.15) is 11.8 Å². The molecule has 1 aliphatic rings. The molecule has 1 heterocycles. The highest BCUT2D eigenvalue weighted by Gasteiger charge is 2.16. The Bertz CT molecular complexity index is 413. The van der Waals surface area contributed by atoms with Gasteiger partial charge >= 0.3 is 0 Å². The predicted molar refractivity (Wildman–Crippen MR) is 85.7 cm³/mol. The van der Waals surface area contributed by atoms with Crippen LogP contribution in [-0.2, 0) is 17.8 Å². The molecule has 4 heteroatoms. The summed E-state index contributed by atoms with van der Waals surface area (Å²) in [5, 5.41) is 3.03. The van der Waals surface area contributed by atoms with E-state index in [2.05, 4.69) is 29.6 Å². The number of hydrogen-bond donors (Lipinski definition) is 2. The van der Waals surface area contributed by atoms with Gasteiger partial charge in [0, 0.05) is 13.0 Å². The van der Waals surface area contributed by atoms with Crippen molar-refractivity contribution >= 4 is 17.7 Å². The van der Waals surface area contributed by atoms with Gasteiger partial charge in [0.25, 0.3) is 0 Å². The number of rotatable bonds is 6. The lowest BCUT2D eigenvalue weighted by molar-refractivity contribution is -0.122. The summed E-state index contributed by atoms with van der Waals surface area (Å²) in [6, 6.07) is 8.32. The molecule has 1 aliphatic heterocycles. The smallest absolute Gasteiger partial charge is 0.220 e. The molecule has 110 valence electrons. The van der Waals surface area contributed by atoms with Gasteiger partial charge in [-0.15, -0.1) is 0 Å². The quantitative estimate of drug-likeness (QED) is 0.846. The molecule has 0 saturated carbocycles. The van der Waals surface area contributed by atoms with E-state index in [9.17, 15) is 4.79 Å². The van der Waals surface area contributed by atoms with E-state index in [1.54, 1.807) is 0 Å². The van der Waals surface area contributed by atoms with Crippen LogP contribution in [0.3, 0.4) is 0 Å². The van der Waals surface area contributed by atoms with Crippen LogP contribution in [0.15, 0.2) is 24.3 Å². The van der Waals surface area contributed by atoms with Crippen molar-refractivity contribution in [2.75, 3.05) is 18.1 Å². The highest BCUT2D eigenvalue weighted by Crippen LogP contribution is 2.25. The van der Waals surface area contributed by atoms with Gasteiger partial charge in [0.15, 0.2) is 0 Å². The van der Waals surface area contributed by atoms with Crippen molar-refractivity contribution in [1.29, 1.82) is 0 Å². The lowest BCUT2D eigenvalue weighted by Gasteiger charge is -2.20. The van der Waals surface area contributed by atoms with Gasteiger partial charge in [-0.1, -0.05) is 24.3 Å². The van der Waals surface area contributed by atoms with Gasteiger partial charge < -0.3 is 11.1 Å². The van der Waals surface area contributed by atoms with E-state index in [4.69, 9.17) is 5.73 Å². The fourth-order valence-electron chi connectivity index (χ4n) is 2.48. The van der Waals surface area contributed by atoms with Crippen molar-refractivity contribution in [1.82, 2.24) is 5.32 Å². The molecule has 0 aromatic heterocycles. The van der Waals surface area contributed by atoms with Crippen LogP contribution in [0.2, 0.25) is 0 Å². The summed E-state index contributed by atoms with van der Waals surface area (Å²) >= 11 is 2.00. The van der Waals surface area contributed by atoms with Crippen LogP contribution in [0.5, 0.6) is 0 Å². The first-order chi connectivity index (χ1) is 9.78. The number of benzene rings is 1. The second kappa shape index (κ2) is 8.32. The van der Waals surface area contributed by atoms with Gasteiger partial charge in [0.05, 0.1) is 0 Å². The highest BCUT2D eigenvalue weighted by molar-refractivity contribution is 7.99. The van der Waals surface area contributed by atoms with Gasteiger partial charge in [-0.25, -0.2) is 0 Å². The molecule has 0 aliphatic carbocycles. The standard InChI is InChI=1S/C16H24N2OS/c17-8-5-13-1-3-15(4-2-13)12-18-16(19)11-14-6-9-20-10-7-14/h1-4,14H,5-12,17H2,(H,18,19). The average molecular weight is 292 g/mol. The van der Waals surface area contributed by atoms with Crippen molar-refractivity contribution in [3.63, 3.8) is 0 Å². The van der Waals surface area contributed by atoms with E-state index >= 15 is 0 Å². The molecule has 2 rings (SSSR count). The first-order valence-electron chi connectivity index (χ1n) is 7.40. The molecule has 1 aromatic carbocycles. The number of hydrogen-bond acceptors (Lipinski definition) is 3. The fraction of sp³-hybridized carbons (Fsp3) is 0.562. The monoisotopic (exact) mass is 292 g/mol. The van der Waals surface area contributed by atoms with Crippen molar-refractivity contribution in [2.45, 2.75) is 32.2 Å². The third-order valence-electron chi connectivity index (χ3n) is 3.76. The summed E-state index contributed by atoms with van der Waals surface area (Å²) in [6.45, 7) is 1.30. The molecule has 1 saturated heterocycles. The van der Waals surface area contributed by atoms with E-state index in [1.165, 1.54) is 29.9 Å². The molecule has 0 spiro atoms. The maximum Gasteiger partial charge on any atom is 0.220 e. The second-order valence-corrected chi connectivity index (χ2v) is 6.62. The molecule has 1 fully saturated rings. The molecular formula is C16H24N2OS. The summed E-state index contributed by atoms with van der Waals surface area (Å²) in [7, 11) is 0. The van der Waals surface area contributed by atoms with Gasteiger partial charge in [-0.05, 0) is 54.4 Å². The SMILES string of the molecule is NCCc1ccc(CNC(=O)CC2CCSCC2)cc1. The molecule has 0 bridgehead atoms. The van der Waals surface area contributed by atoms with Crippen LogP contribution in [0.25, 0.3) is 0 Å². The molecule has 1 amide bonds. The number of thioether (sulfide) groups is 1. The minimum atomic E-state index is 0.188. The Kier molecular flexibility index (Phi) is 6.40. The third-order valence-corrected chi connectivity index (χ3v) is 4.81. The first kappa shape index (κ1) is 15.4. The van der Waals surface area contributed by atoms with Crippen LogP contribution < -0.4 is 11.1 Å². The maximum absolute atomic E-state index is 11.9. The third kappa shape index (κ3) is 5.17. The van der Waals surface area contributed by atoms with Crippen molar-refractivity contribution in [3.8, 4) is 0 Å². The molecule has 0 radical (unpaired) electrons. The summed E-state index contributed by atoms with van der Waals surface area (Å²) in [4.78, 5) is 11.9. The molecule has 0 atom stereocenters. The molecule has 0 unspecified atom stereocenters. The number of amides is 1. The van der Waals surface area contributed by atoms with Crippen LogP contribution >= 0.6 is 11.8 Å². The summed E-state index contributed by atoms with van der Waals surface area (Å²) in [5.74, 6) is 3.19. The van der Waals surface area contributed by atoms with E-state index in [-0.39, 0.29) is 5.91 Å². The van der Waals surface area contributed by atoms with Crippen molar-refractivity contribution < 1.29 is 4.79 Å². The molecule has 3 N–H and O–H groups in total. The predicted octanol–water partition coefficient (Wildman–Crippen LogP) is 2.34. The Morgan fingerprint density at radius 2 is 1.85 bits per heavy atom. The minimum Gasteiger partial charge on any atom is -0.352 e. The Morgan fingerprint density at radius 3 is 2.50 bits per heavy atom. The topological polar surface area (TPSA) is 55.1 Å². The van der Waals surface area contributed by atoms with Crippen molar-refractivity contribution in [2.24, 2.45) is 11.7 Å². The number of carbonyl (C=O) groups is 1. The summed E-state index contributed by atoms with van der Waals surface area (Å²) in [5.41, 5.74) is 7.93. The molecule has 20 heavy (non-hydrogen) atoms. The van der Waals surface area contributed by atoms with Crippen molar-refractivity contribution in [3.05, 3.63) is 35.4 Å². The number of carbonyl (C=O) groups excluding carboxylic acids is 1. The number of nitrogens with one attached hydrogen (secondary N) is 1. The van der Waals surface area contributed by atoms with Crippen LogP contribution in [0, 0.1) is 5.92 Å². The first-order valence-corrected chi connectivity index (χ1v) is 8.55. The van der Waals surface area contributed by atoms with Gasteiger partial charge in [-0.3, -0.25) is 4.79 Å². The fourth-order valence-corrected chi connectivity index (χ4v) is 3.68. The molecule has 3 nitrogen and oxygen atoms in total. The van der Waals surface area contributed by atoms with Crippen LogP contribution in [0.1, 0.15) is 30.4 Å². The normalized spacial score (nSPS) is 16.1.